The van der Waals surface area contributed by atoms with Crippen molar-refractivity contribution in [3.63, 3.8) is 0 Å². The minimum atomic E-state index is -0.302. The average molecular weight is 408 g/mol. The zero-order valence-electron chi connectivity index (χ0n) is 15.6. The molecular formula is C21H18ClN5O2. The van der Waals surface area contributed by atoms with Crippen LogP contribution in [0.5, 0.6) is 5.75 Å². The summed E-state index contributed by atoms with van der Waals surface area (Å²) in [6.45, 7) is 0.513. The van der Waals surface area contributed by atoms with Gasteiger partial charge in [-0.15, -0.1) is 0 Å². The van der Waals surface area contributed by atoms with Crippen LogP contribution in [0.2, 0.25) is 5.02 Å². The number of rotatable bonds is 6. The predicted molar refractivity (Wildman–Crippen MR) is 111 cm³/mol. The number of carbonyl (C=O) groups excluding carboxylic acids is 1. The number of methoxy groups -OCH3 is 1. The molecule has 4 aromatic rings. The molecule has 0 radical (unpaired) electrons. The molecule has 1 amide bonds. The summed E-state index contributed by atoms with van der Waals surface area (Å²) in [6.07, 6.45) is 3.34. The molecule has 8 heteroatoms. The second kappa shape index (κ2) is 8.20. The number of hydrogen-bond donors (Lipinski definition) is 2. The fourth-order valence-corrected chi connectivity index (χ4v) is 3.08. The van der Waals surface area contributed by atoms with Crippen LogP contribution in [-0.4, -0.2) is 33.0 Å². The number of aromatic nitrogens is 4. The Morgan fingerprint density at radius 1 is 1.21 bits per heavy atom. The van der Waals surface area contributed by atoms with E-state index in [9.17, 15) is 4.79 Å². The quantitative estimate of drug-likeness (QED) is 0.500. The summed E-state index contributed by atoms with van der Waals surface area (Å²) in [5, 5.41) is 14.8. The summed E-state index contributed by atoms with van der Waals surface area (Å²) in [5.74, 6) is 0.423. The number of halogens is 1. The average Bonchev–Trinajstić information content (AvgIpc) is 3.40. The number of H-pyrrole nitrogens is 1. The molecular weight excluding hydrogens is 390 g/mol. The molecule has 0 saturated carbocycles. The van der Waals surface area contributed by atoms with E-state index in [4.69, 9.17) is 16.3 Å². The van der Waals surface area contributed by atoms with Crippen molar-refractivity contribution in [1.82, 2.24) is 20.0 Å². The molecule has 2 aromatic heterocycles. The molecule has 0 atom stereocenters. The van der Waals surface area contributed by atoms with Gasteiger partial charge in [0.25, 0.3) is 5.91 Å². The van der Waals surface area contributed by atoms with Gasteiger partial charge in [0.1, 0.15) is 11.4 Å². The van der Waals surface area contributed by atoms with E-state index in [1.807, 2.05) is 48.5 Å². The Labute approximate surface area is 172 Å². The first-order valence-electron chi connectivity index (χ1n) is 8.89. The van der Waals surface area contributed by atoms with Crippen molar-refractivity contribution in [2.75, 3.05) is 12.4 Å². The lowest BCUT2D eigenvalue weighted by Crippen LogP contribution is -2.11. The van der Waals surface area contributed by atoms with Gasteiger partial charge in [-0.25, -0.2) is 0 Å². The molecule has 0 aliphatic rings. The molecule has 146 valence electrons. The van der Waals surface area contributed by atoms with Crippen LogP contribution in [0.4, 0.5) is 5.69 Å². The van der Waals surface area contributed by atoms with Gasteiger partial charge in [0.2, 0.25) is 0 Å². The fraction of sp³-hybridized carbons (Fsp3) is 0.0952. The Balaban J connectivity index is 1.44. The first-order valence-corrected chi connectivity index (χ1v) is 9.27. The highest BCUT2D eigenvalue weighted by atomic mass is 35.5. The van der Waals surface area contributed by atoms with E-state index < -0.39 is 0 Å². The third kappa shape index (κ3) is 4.30. The lowest BCUT2D eigenvalue weighted by molar-refractivity contribution is 0.102. The van der Waals surface area contributed by atoms with E-state index in [1.54, 1.807) is 30.3 Å². The van der Waals surface area contributed by atoms with E-state index >= 15 is 0 Å². The lowest BCUT2D eigenvalue weighted by Gasteiger charge is -2.04. The number of carbonyl (C=O) groups is 1. The molecule has 0 aliphatic heterocycles. The van der Waals surface area contributed by atoms with Gasteiger partial charge in [0, 0.05) is 16.8 Å². The highest BCUT2D eigenvalue weighted by Crippen LogP contribution is 2.23. The molecule has 0 fully saturated rings. The topological polar surface area (TPSA) is 84.8 Å². The van der Waals surface area contributed by atoms with Gasteiger partial charge in [-0.1, -0.05) is 41.9 Å². The van der Waals surface area contributed by atoms with Crippen molar-refractivity contribution in [2.24, 2.45) is 0 Å². The standard InChI is InChI=1S/C21H18ClN5O2/c1-29-17-7-4-6-14(9-17)19-10-20(26-25-19)21(28)24-16-11-23-27(13-16)12-15-5-2-3-8-18(15)22/h2-11,13H,12H2,1H3,(H,24,28)(H,25,26). The molecule has 2 heterocycles. The Morgan fingerprint density at radius 3 is 2.90 bits per heavy atom. The van der Waals surface area contributed by atoms with Crippen LogP contribution in [0.15, 0.2) is 67.0 Å². The summed E-state index contributed by atoms with van der Waals surface area (Å²) >= 11 is 6.19. The first kappa shape index (κ1) is 18.8. The largest absolute Gasteiger partial charge is 0.497 e. The van der Waals surface area contributed by atoms with Crippen molar-refractivity contribution in [2.45, 2.75) is 6.54 Å². The second-order valence-electron chi connectivity index (χ2n) is 6.37. The van der Waals surface area contributed by atoms with Crippen LogP contribution in [0.3, 0.4) is 0 Å². The second-order valence-corrected chi connectivity index (χ2v) is 6.78. The number of aromatic amines is 1. The monoisotopic (exact) mass is 407 g/mol. The van der Waals surface area contributed by atoms with Crippen molar-refractivity contribution in [1.29, 1.82) is 0 Å². The summed E-state index contributed by atoms with van der Waals surface area (Å²) in [7, 11) is 1.61. The fourth-order valence-electron chi connectivity index (χ4n) is 2.88. The smallest absolute Gasteiger partial charge is 0.273 e. The number of nitrogens with one attached hydrogen (secondary N) is 2. The molecule has 0 spiro atoms. The molecule has 0 saturated heterocycles. The van der Waals surface area contributed by atoms with Gasteiger partial charge < -0.3 is 10.1 Å². The molecule has 7 nitrogen and oxygen atoms in total. The number of anilines is 1. The Hall–Kier alpha value is -3.58. The van der Waals surface area contributed by atoms with Crippen molar-refractivity contribution >= 4 is 23.2 Å². The molecule has 4 rings (SSSR count). The minimum absolute atomic E-state index is 0.302. The third-order valence-electron chi connectivity index (χ3n) is 4.37. The van der Waals surface area contributed by atoms with Gasteiger partial charge in [-0.2, -0.15) is 10.2 Å². The normalized spacial score (nSPS) is 10.7. The SMILES string of the molecule is COc1cccc(-c2cc(C(=O)Nc3cnn(Cc4ccccc4Cl)c3)[nH]n2)c1. The van der Waals surface area contributed by atoms with E-state index in [1.165, 1.54) is 0 Å². The van der Waals surface area contributed by atoms with E-state index in [0.29, 0.717) is 28.6 Å². The van der Waals surface area contributed by atoms with Crippen LogP contribution in [0.25, 0.3) is 11.3 Å². The maximum Gasteiger partial charge on any atom is 0.273 e. The van der Waals surface area contributed by atoms with Crippen LogP contribution in [0, 0.1) is 0 Å². The van der Waals surface area contributed by atoms with Crippen molar-refractivity contribution < 1.29 is 9.53 Å². The first-order chi connectivity index (χ1) is 14.1. The van der Waals surface area contributed by atoms with E-state index in [2.05, 4.69) is 20.6 Å². The zero-order valence-corrected chi connectivity index (χ0v) is 16.3. The minimum Gasteiger partial charge on any atom is -0.497 e. The number of amides is 1. The number of benzene rings is 2. The van der Waals surface area contributed by atoms with Crippen LogP contribution in [0.1, 0.15) is 16.1 Å². The Kier molecular flexibility index (Phi) is 5.31. The summed E-state index contributed by atoms with van der Waals surface area (Å²) in [4.78, 5) is 12.5. The van der Waals surface area contributed by atoms with Crippen molar-refractivity contribution in [3.05, 3.63) is 83.3 Å². The third-order valence-corrected chi connectivity index (χ3v) is 4.74. The van der Waals surface area contributed by atoms with Gasteiger partial charge in [0.05, 0.1) is 31.2 Å². The summed E-state index contributed by atoms with van der Waals surface area (Å²) in [5.41, 5.74) is 3.39. The number of hydrogen-bond acceptors (Lipinski definition) is 4. The Bertz CT molecular complexity index is 1150. The molecule has 29 heavy (non-hydrogen) atoms. The molecule has 0 unspecified atom stereocenters. The molecule has 0 aliphatic carbocycles. The van der Waals surface area contributed by atoms with Gasteiger partial charge in [-0.3, -0.25) is 14.6 Å². The molecule has 2 aromatic carbocycles. The highest BCUT2D eigenvalue weighted by Gasteiger charge is 2.13. The van der Waals surface area contributed by atoms with Crippen LogP contribution in [-0.2, 0) is 6.54 Å². The predicted octanol–water partition coefficient (Wildman–Crippen LogP) is 4.24. The van der Waals surface area contributed by atoms with Gasteiger partial charge in [-0.05, 0) is 29.8 Å². The van der Waals surface area contributed by atoms with E-state index in [-0.39, 0.29) is 5.91 Å². The van der Waals surface area contributed by atoms with Crippen molar-refractivity contribution in [3.8, 4) is 17.0 Å². The highest BCUT2D eigenvalue weighted by molar-refractivity contribution is 6.31. The number of nitrogens with zero attached hydrogens (tertiary/aromatic N) is 3. The molecule has 2 N–H and O–H groups in total. The summed E-state index contributed by atoms with van der Waals surface area (Å²) in [6, 6.07) is 16.7. The maximum absolute atomic E-state index is 12.5. The van der Waals surface area contributed by atoms with Crippen LogP contribution >= 0.6 is 11.6 Å². The molecule has 0 bridgehead atoms. The lowest BCUT2D eigenvalue weighted by atomic mass is 10.1. The van der Waals surface area contributed by atoms with E-state index in [0.717, 1.165) is 16.9 Å². The Morgan fingerprint density at radius 2 is 2.07 bits per heavy atom. The van der Waals surface area contributed by atoms with Gasteiger partial charge in [0.15, 0.2) is 0 Å². The maximum atomic E-state index is 12.5. The number of ether oxygens (including phenoxy) is 1. The van der Waals surface area contributed by atoms with Crippen LogP contribution < -0.4 is 10.1 Å². The summed E-state index contributed by atoms with van der Waals surface area (Å²) < 4.78 is 6.94. The zero-order chi connectivity index (χ0) is 20.2. The van der Waals surface area contributed by atoms with Gasteiger partial charge >= 0.3 is 0 Å².